The number of nitrogens with one attached hydrogen (secondary N) is 1. The first kappa shape index (κ1) is 16.8. The zero-order valence-electron chi connectivity index (χ0n) is 13.9. The van der Waals surface area contributed by atoms with E-state index in [1.54, 1.807) is 0 Å². The fraction of sp³-hybridized carbons (Fsp3) is 0.500. The maximum atomic E-state index is 12.4. The van der Waals surface area contributed by atoms with Crippen molar-refractivity contribution in [1.29, 1.82) is 0 Å². The van der Waals surface area contributed by atoms with Gasteiger partial charge in [-0.25, -0.2) is 0 Å². The summed E-state index contributed by atoms with van der Waals surface area (Å²) >= 11 is 2.34. The molecule has 1 N–H and O–H groups in total. The highest BCUT2D eigenvalue weighted by atomic mass is 127. The summed E-state index contributed by atoms with van der Waals surface area (Å²) < 4.78 is 2.21. The lowest BCUT2D eigenvalue weighted by Gasteiger charge is -2.14. The van der Waals surface area contributed by atoms with Crippen molar-refractivity contribution in [3.05, 3.63) is 35.0 Å². The third kappa shape index (κ3) is 3.40. The monoisotopic (exact) mass is 425 g/mol. The molecule has 0 spiro atoms. The molecule has 1 fully saturated rings. The van der Waals surface area contributed by atoms with Gasteiger partial charge in [-0.05, 0) is 63.0 Å². The highest BCUT2D eigenvalue weighted by Crippen LogP contribution is 2.29. The molecule has 0 aliphatic carbocycles. The Bertz CT molecular complexity index is 717. The van der Waals surface area contributed by atoms with Gasteiger partial charge in [-0.3, -0.25) is 7.58 Å². The lowest BCUT2D eigenvalue weighted by atomic mass is 10.1. The molecule has 3 rings (SSSR count). The van der Waals surface area contributed by atoms with Crippen molar-refractivity contribution in [1.82, 2.24) is 13.0 Å². The van der Waals surface area contributed by atoms with E-state index >= 15 is 0 Å². The van der Waals surface area contributed by atoms with Gasteiger partial charge in [0.1, 0.15) is 0 Å². The Hall–Kier alpha value is -1.08. The van der Waals surface area contributed by atoms with Crippen LogP contribution in [0.3, 0.4) is 0 Å². The van der Waals surface area contributed by atoms with E-state index in [0.29, 0.717) is 0 Å². The van der Waals surface area contributed by atoms with Gasteiger partial charge in [-0.1, -0.05) is 6.92 Å². The minimum atomic E-state index is 0.0322. The topological polar surface area (TPSA) is 37.3 Å². The molecule has 0 atom stereocenters. The number of rotatable bonds is 5. The second-order valence-corrected chi connectivity index (χ2v) is 7.21. The first-order valence-corrected chi connectivity index (χ1v) is 9.39. The van der Waals surface area contributed by atoms with Crippen LogP contribution in [-0.2, 0) is 6.42 Å². The molecule has 23 heavy (non-hydrogen) atoms. The van der Waals surface area contributed by atoms with Crippen molar-refractivity contribution in [3.8, 4) is 0 Å². The Labute approximate surface area is 151 Å². The molecule has 0 unspecified atom stereocenters. The van der Waals surface area contributed by atoms with Crippen molar-refractivity contribution in [2.24, 2.45) is 0 Å². The van der Waals surface area contributed by atoms with Crippen molar-refractivity contribution in [2.45, 2.75) is 33.1 Å². The van der Waals surface area contributed by atoms with Crippen LogP contribution in [0.4, 0.5) is 0 Å². The summed E-state index contributed by atoms with van der Waals surface area (Å²) in [6.07, 6.45) is 3.58. The summed E-state index contributed by atoms with van der Waals surface area (Å²) in [6, 6.07) is 6.02. The number of benzene rings is 1. The van der Waals surface area contributed by atoms with Crippen LogP contribution in [0.5, 0.6) is 0 Å². The van der Waals surface area contributed by atoms with Crippen molar-refractivity contribution in [3.63, 3.8) is 0 Å². The molecule has 0 radical (unpaired) electrons. The molecule has 0 saturated carbocycles. The first-order valence-electron chi connectivity index (χ1n) is 8.42. The summed E-state index contributed by atoms with van der Waals surface area (Å²) in [6.45, 7) is 8.34. The molecule has 5 heteroatoms. The van der Waals surface area contributed by atoms with Crippen molar-refractivity contribution < 1.29 is 4.79 Å². The van der Waals surface area contributed by atoms with Gasteiger partial charge in [-0.15, -0.1) is 0 Å². The number of aryl methyl sites for hydroxylation is 1. The lowest BCUT2D eigenvalue weighted by molar-refractivity contribution is 0.0950. The normalized spacial score (nSPS) is 15.4. The summed E-state index contributed by atoms with van der Waals surface area (Å²) in [5, 5.41) is 4.24. The molecule has 1 aliphatic rings. The zero-order valence-corrected chi connectivity index (χ0v) is 16.0. The Morgan fingerprint density at radius 1 is 1.30 bits per heavy atom. The van der Waals surface area contributed by atoms with Crippen LogP contribution in [0.25, 0.3) is 10.9 Å². The highest BCUT2D eigenvalue weighted by molar-refractivity contribution is 14.1. The molecule has 0 bridgehead atoms. The molecule has 1 aromatic heterocycles. The van der Waals surface area contributed by atoms with E-state index in [4.69, 9.17) is 0 Å². The van der Waals surface area contributed by atoms with Crippen LogP contribution in [-0.4, -0.2) is 39.8 Å². The molecule has 2 heterocycles. The maximum absolute atomic E-state index is 12.4. The molecule has 1 aliphatic heterocycles. The number of amides is 1. The highest BCUT2D eigenvalue weighted by Gasteiger charge is 2.15. The molecule has 2 aromatic rings. The first-order chi connectivity index (χ1) is 11.1. The van der Waals surface area contributed by atoms with Gasteiger partial charge >= 0.3 is 0 Å². The minimum Gasteiger partial charge on any atom is -0.351 e. The number of aromatic nitrogens is 1. The van der Waals surface area contributed by atoms with Gasteiger partial charge in [0.2, 0.25) is 0 Å². The van der Waals surface area contributed by atoms with E-state index in [9.17, 15) is 4.79 Å². The SMILES string of the molecule is CCc1c(C)c2cc(C(=O)NCCN3CCCC3)ccc2n1I. The Balaban J connectivity index is 1.71. The summed E-state index contributed by atoms with van der Waals surface area (Å²) in [5.74, 6) is 0.0322. The fourth-order valence-electron chi connectivity index (χ4n) is 3.44. The number of likely N-dealkylation sites (tertiary alicyclic amines) is 1. The molecule has 1 amide bonds. The third-order valence-corrected chi connectivity index (χ3v) is 5.89. The number of carbonyl (C=O) groups is 1. The van der Waals surface area contributed by atoms with Crippen molar-refractivity contribution in [2.75, 3.05) is 26.2 Å². The van der Waals surface area contributed by atoms with Crippen LogP contribution < -0.4 is 5.32 Å². The van der Waals surface area contributed by atoms with Gasteiger partial charge in [0.25, 0.3) is 5.91 Å². The Kier molecular flexibility index (Phi) is 5.26. The Morgan fingerprint density at radius 3 is 2.74 bits per heavy atom. The predicted molar refractivity (Wildman–Crippen MR) is 103 cm³/mol. The largest absolute Gasteiger partial charge is 0.351 e. The quantitative estimate of drug-likeness (QED) is 0.745. The van der Waals surface area contributed by atoms with E-state index in [0.717, 1.165) is 25.1 Å². The van der Waals surface area contributed by atoms with E-state index in [2.05, 4.69) is 55.8 Å². The molecule has 1 aromatic carbocycles. The predicted octanol–water partition coefficient (Wildman–Crippen LogP) is 3.54. The Morgan fingerprint density at radius 2 is 2.04 bits per heavy atom. The van der Waals surface area contributed by atoms with Crippen LogP contribution in [0.15, 0.2) is 18.2 Å². The summed E-state index contributed by atoms with van der Waals surface area (Å²) in [5.41, 5.74) is 4.55. The number of halogens is 1. The van der Waals surface area contributed by atoms with E-state index < -0.39 is 0 Å². The van der Waals surface area contributed by atoms with Gasteiger partial charge < -0.3 is 10.2 Å². The van der Waals surface area contributed by atoms with Gasteiger partial charge in [0, 0.05) is 29.7 Å². The number of hydrogen-bond donors (Lipinski definition) is 1. The molecular formula is C18H24IN3O. The number of hydrogen-bond acceptors (Lipinski definition) is 2. The molecule has 4 nitrogen and oxygen atoms in total. The van der Waals surface area contributed by atoms with Gasteiger partial charge in [-0.2, -0.15) is 0 Å². The van der Waals surface area contributed by atoms with E-state index in [1.807, 2.05) is 12.1 Å². The molecule has 1 saturated heterocycles. The van der Waals surface area contributed by atoms with Crippen LogP contribution in [0, 0.1) is 6.92 Å². The third-order valence-electron chi connectivity index (χ3n) is 4.79. The number of fused-ring (bicyclic) bond motifs is 1. The smallest absolute Gasteiger partial charge is 0.251 e. The second kappa shape index (κ2) is 7.21. The second-order valence-electron chi connectivity index (χ2n) is 6.24. The maximum Gasteiger partial charge on any atom is 0.251 e. The number of carbonyl (C=O) groups excluding carboxylic acids is 1. The summed E-state index contributed by atoms with van der Waals surface area (Å²) in [4.78, 5) is 14.8. The molecular weight excluding hydrogens is 401 g/mol. The van der Waals surface area contributed by atoms with Crippen LogP contribution in [0.1, 0.15) is 41.4 Å². The lowest BCUT2D eigenvalue weighted by Crippen LogP contribution is -2.33. The van der Waals surface area contributed by atoms with Crippen LogP contribution >= 0.6 is 22.9 Å². The van der Waals surface area contributed by atoms with Gasteiger partial charge in [0.05, 0.1) is 28.4 Å². The molecule has 124 valence electrons. The average Bonchev–Trinajstić information content (AvgIpc) is 3.15. The van der Waals surface area contributed by atoms with Gasteiger partial charge in [0.15, 0.2) is 0 Å². The zero-order chi connectivity index (χ0) is 16.4. The van der Waals surface area contributed by atoms with E-state index in [-0.39, 0.29) is 5.91 Å². The number of nitrogens with zero attached hydrogens (tertiary/aromatic N) is 2. The van der Waals surface area contributed by atoms with Crippen molar-refractivity contribution >= 4 is 39.7 Å². The fourth-order valence-corrected chi connectivity index (χ4v) is 4.56. The van der Waals surface area contributed by atoms with E-state index in [1.165, 1.54) is 48.1 Å². The van der Waals surface area contributed by atoms with Crippen LogP contribution in [0.2, 0.25) is 0 Å². The summed E-state index contributed by atoms with van der Waals surface area (Å²) in [7, 11) is 0. The average molecular weight is 425 g/mol. The minimum absolute atomic E-state index is 0.0322. The standard InChI is InChI=1S/C18H24IN3O/c1-3-16-13(2)15-12-14(6-7-17(15)22(16)19)18(23)20-8-11-21-9-4-5-10-21/h6-7,12H,3-5,8-11H2,1-2H3,(H,20,23).